The Hall–Kier alpha value is -1.33. The molecule has 4 nitrogen and oxygen atoms in total. The molecule has 1 aliphatic rings. The minimum atomic E-state index is -1.49. The molecule has 1 aliphatic heterocycles. The molecule has 0 amide bonds. The maximum atomic E-state index is 9.03. The van der Waals surface area contributed by atoms with Crippen molar-refractivity contribution in [2.24, 2.45) is 0 Å². The van der Waals surface area contributed by atoms with Crippen molar-refractivity contribution in [1.82, 2.24) is 4.98 Å². The van der Waals surface area contributed by atoms with Gasteiger partial charge in [0.25, 0.3) is 0 Å². The van der Waals surface area contributed by atoms with Crippen LogP contribution in [0.4, 0.5) is 5.82 Å². The largest absolute Gasteiger partial charge is 0.589 e. The summed E-state index contributed by atoms with van der Waals surface area (Å²) in [5.74, 6) is 0.611. The molecule has 0 fully saturated rings. The topological polar surface area (TPSA) is 56.6 Å². The number of fused-ring (bicyclic) bond motifs is 1. The van der Waals surface area contributed by atoms with Gasteiger partial charge in [-0.1, -0.05) is 12.2 Å². The zero-order valence-corrected chi connectivity index (χ0v) is 6.96. The van der Waals surface area contributed by atoms with Crippen molar-refractivity contribution in [3.63, 3.8) is 0 Å². The summed E-state index contributed by atoms with van der Waals surface area (Å²) in [6.45, 7) is 0.474. The number of anilines is 1. The predicted molar refractivity (Wildman–Crippen MR) is 50.8 cm³/mol. The molecule has 2 rings (SSSR count). The zero-order chi connectivity index (χ0) is 9.26. The smallest absolute Gasteiger partial charge is 0.408 e. The van der Waals surface area contributed by atoms with Crippen LogP contribution in [0.15, 0.2) is 24.4 Å². The van der Waals surface area contributed by atoms with Crippen LogP contribution in [0, 0.1) is 0 Å². The first-order valence-corrected chi connectivity index (χ1v) is 4.03. The molecule has 0 aromatic carbocycles. The Morgan fingerprint density at radius 2 is 2.31 bits per heavy atom. The zero-order valence-electron chi connectivity index (χ0n) is 6.96. The van der Waals surface area contributed by atoms with Gasteiger partial charge >= 0.3 is 7.25 Å². The molecular weight excluding hydrogens is 167 g/mol. The Bertz CT molecular complexity index is 341. The quantitative estimate of drug-likeness (QED) is 0.586. The monoisotopic (exact) mass is 176 g/mol. The van der Waals surface area contributed by atoms with Gasteiger partial charge < -0.3 is 14.9 Å². The predicted octanol–water partition coefficient (Wildman–Crippen LogP) is -0.116. The van der Waals surface area contributed by atoms with E-state index in [4.69, 9.17) is 10.0 Å². The Labute approximate surface area is 76.3 Å². The van der Waals surface area contributed by atoms with Gasteiger partial charge in [-0.3, -0.25) is 0 Å². The molecule has 2 heterocycles. The van der Waals surface area contributed by atoms with E-state index in [1.54, 1.807) is 6.20 Å². The van der Waals surface area contributed by atoms with Crippen LogP contribution in [0.5, 0.6) is 0 Å². The number of aromatic nitrogens is 1. The lowest BCUT2D eigenvalue weighted by molar-refractivity contribution is 0.401. The standard InChI is InChI=1S/C8H9BN2O2/c12-9(13)11-6-2-4-7-3-1-5-10-8(7)11/h1-5,12-13H,6H2. The van der Waals surface area contributed by atoms with Gasteiger partial charge in [0.1, 0.15) is 5.82 Å². The van der Waals surface area contributed by atoms with Crippen LogP contribution in [0.25, 0.3) is 6.08 Å². The third kappa shape index (κ3) is 1.43. The van der Waals surface area contributed by atoms with E-state index in [1.807, 2.05) is 24.3 Å². The summed E-state index contributed by atoms with van der Waals surface area (Å²) in [7, 11) is -1.49. The minimum absolute atomic E-state index is 0.474. The molecule has 0 atom stereocenters. The van der Waals surface area contributed by atoms with Crippen molar-refractivity contribution in [3.05, 3.63) is 30.0 Å². The van der Waals surface area contributed by atoms with E-state index < -0.39 is 7.25 Å². The lowest BCUT2D eigenvalue weighted by Gasteiger charge is -2.25. The maximum absolute atomic E-state index is 9.03. The molecule has 0 bridgehead atoms. The molecule has 1 aromatic rings. The Balaban J connectivity index is 2.43. The van der Waals surface area contributed by atoms with Crippen LogP contribution in [0.3, 0.4) is 0 Å². The van der Waals surface area contributed by atoms with Gasteiger partial charge in [-0.05, 0) is 12.1 Å². The fourth-order valence-electron chi connectivity index (χ4n) is 1.36. The molecule has 66 valence electrons. The van der Waals surface area contributed by atoms with Crippen LogP contribution < -0.4 is 4.81 Å². The summed E-state index contributed by atoms with van der Waals surface area (Å²) in [6, 6.07) is 3.70. The molecule has 0 unspecified atom stereocenters. The minimum Gasteiger partial charge on any atom is -0.408 e. The lowest BCUT2D eigenvalue weighted by atomic mass is 10.0. The molecule has 13 heavy (non-hydrogen) atoms. The van der Waals surface area contributed by atoms with Gasteiger partial charge in [-0.15, -0.1) is 0 Å². The second-order valence-corrected chi connectivity index (χ2v) is 2.82. The van der Waals surface area contributed by atoms with Gasteiger partial charge in [0, 0.05) is 18.3 Å². The highest BCUT2D eigenvalue weighted by Gasteiger charge is 2.24. The van der Waals surface area contributed by atoms with E-state index in [9.17, 15) is 0 Å². The third-order valence-corrected chi connectivity index (χ3v) is 1.97. The molecule has 0 saturated heterocycles. The van der Waals surface area contributed by atoms with Gasteiger partial charge in [-0.2, -0.15) is 0 Å². The lowest BCUT2D eigenvalue weighted by Crippen LogP contribution is -2.41. The second-order valence-electron chi connectivity index (χ2n) is 2.82. The molecule has 0 saturated carbocycles. The van der Waals surface area contributed by atoms with Crippen LogP contribution >= 0.6 is 0 Å². The molecular formula is C8H9BN2O2. The van der Waals surface area contributed by atoms with Gasteiger partial charge in [-0.25, -0.2) is 4.98 Å². The molecule has 0 aliphatic carbocycles. The maximum Gasteiger partial charge on any atom is 0.589 e. The van der Waals surface area contributed by atoms with Crippen LogP contribution in [-0.2, 0) is 0 Å². The van der Waals surface area contributed by atoms with Crippen LogP contribution in [0.2, 0.25) is 0 Å². The number of nitrogens with zero attached hydrogens (tertiary/aromatic N) is 2. The molecule has 5 heteroatoms. The average molecular weight is 176 g/mol. The number of pyridine rings is 1. The van der Waals surface area contributed by atoms with E-state index in [1.165, 1.54) is 4.81 Å². The first-order valence-electron chi connectivity index (χ1n) is 4.03. The summed E-state index contributed by atoms with van der Waals surface area (Å²) in [5.41, 5.74) is 0.904. The Kier molecular flexibility index (Phi) is 2.04. The highest BCUT2D eigenvalue weighted by Crippen LogP contribution is 2.22. The number of rotatable bonds is 1. The van der Waals surface area contributed by atoms with Crippen molar-refractivity contribution < 1.29 is 10.0 Å². The SMILES string of the molecule is OB(O)N1CC=Cc2cccnc21. The van der Waals surface area contributed by atoms with E-state index in [2.05, 4.69) is 4.98 Å². The summed E-state index contributed by atoms with van der Waals surface area (Å²) < 4.78 is 0. The van der Waals surface area contributed by atoms with E-state index in [0.717, 1.165) is 5.56 Å². The highest BCUT2D eigenvalue weighted by atomic mass is 16.4. The van der Waals surface area contributed by atoms with Crippen LogP contribution in [-0.4, -0.2) is 28.8 Å². The third-order valence-electron chi connectivity index (χ3n) is 1.97. The van der Waals surface area contributed by atoms with Gasteiger partial charge in [0.05, 0.1) is 0 Å². The van der Waals surface area contributed by atoms with Crippen molar-refractivity contribution in [3.8, 4) is 0 Å². The van der Waals surface area contributed by atoms with Gasteiger partial charge in [0.2, 0.25) is 0 Å². The highest BCUT2D eigenvalue weighted by molar-refractivity contribution is 6.47. The molecule has 0 spiro atoms. The summed E-state index contributed by atoms with van der Waals surface area (Å²) in [5, 5.41) is 18.1. The van der Waals surface area contributed by atoms with E-state index in [-0.39, 0.29) is 0 Å². The van der Waals surface area contributed by atoms with Crippen molar-refractivity contribution >= 4 is 19.1 Å². The Morgan fingerprint density at radius 3 is 3.08 bits per heavy atom. The van der Waals surface area contributed by atoms with E-state index >= 15 is 0 Å². The first-order chi connectivity index (χ1) is 6.29. The summed E-state index contributed by atoms with van der Waals surface area (Å²) in [4.78, 5) is 5.49. The summed E-state index contributed by atoms with van der Waals surface area (Å²) in [6.07, 6.45) is 5.41. The number of hydrogen-bond acceptors (Lipinski definition) is 4. The van der Waals surface area contributed by atoms with E-state index in [0.29, 0.717) is 12.4 Å². The second kappa shape index (κ2) is 3.20. The fraction of sp³-hybridized carbons (Fsp3) is 0.125. The summed E-state index contributed by atoms with van der Waals surface area (Å²) >= 11 is 0. The molecule has 1 aromatic heterocycles. The van der Waals surface area contributed by atoms with Crippen molar-refractivity contribution in [1.29, 1.82) is 0 Å². The normalized spacial score (nSPS) is 14.2. The van der Waals surface area contributed by atoms with Crippen molar-refractivity contribution in [2.45, 2.75) is 0 Å². The number of hydrogen-bond donors (Lipinski definition) is 2. The average Bonchev–Trinajstić information content (AvgIpc) is 2.17. The molecule has 2 N–H and O–H groups in total. The van der Waals surface area contributed by atoms with Crippen molar-refractivity contribution in [2.75, 3.05) is 11.4 Å². The first kappa shape index (κ1) is 8.28. The van der Waals surface area contributed by atoms with Gasteiger partial charge in [0.15, 0.2) is 0 Å². The van der Waals surface area contributed by atoms with Crippen LogP contribution in [0.1, 0.15) is 5.56 Å². The molecule has 0 radical (unpaired) electrons. The fourth-order valence-corrected chi connectivity index (χ4v) is 1.36. The Morgan fingerprint density at radius 1 is 1.46 bits per heavy atom.